The van der Waals surface area contributed by atoms with Gasteiger partial charge in [0.2, 0.25) is 0 Å². The quantitative estimate of drug-likeness (QED) is 0.168. The average Bonchev–Trinajstić information content (AvgIpc) is 3.97. The Labute approximate surface area is 338 Å². The van der Waals surface area contributed by atoms with Crippen LogP contribution in [0.2, 0.25) is 0 Å². The zero-order valence-electron chi connectivity index (χ0n) is 31.3. The molecule has 0 aliphatic carbocycles. The van der Waals surface area contributed by atoms with Crippen molar-refractivity contribution in [2.45, 2.75) is 0 Å². The van der Waals surface area contributed by atoms with E-state index in [1.165, 1.54) is 42.0 Å². The molecule has 0 N–H and O–H groups in total. The molecule has 0 amide bonds. The number of thiophene rings is 1. The van der Waals surface area contributed by atoms with Gasteiger partial charge < -0.3 is 13.9 Å². The molecule has 3 heterocycles. The second kappa shape index (κ2) is 13.1. The molecule has 0 fully saturated rings. The van der Waals surface area contributed by atoms with Crippen LogP contribution in [-0.2, 0) is 0 Å². The maximum Gasteiger partial charge on any atom is 0.143 e. The first-order chi connectivity index (χ1) is 28.8. The van der Waals surface area contributed by atoms with Crippen LogP contribution in [0, 0.1) is 0 Å². The second-order valence-electron chi connectivity index (χ2n) is 14.9. The zero-order valence-corrected chi connectivity index (χ0v) is 32.2. The van der Waals surface area contributed by atoms with E-state index in [0.29, 0.717) is 0 Å². The van der Waals surface area contributed by atoms with Crippen LogP contribution in [0.1, 0.15) is 0 Å². The molecule has 0 saturated heterocycles. The highest BCUT2D eigenvalue weighted by molar-refractivity contribution is 7.26. The Kier molecular flexibility index (Phi) is 7.40. The van der Waals surface area contributed by atoms with Gasteiger partial charge in [-0.2, -0.15) is 0 Å². The van der Waals surface area contributed by atoms with E-state index >= 15 is 0 Å². The lowest BCUT2D eigenvalue weighted by Crippen LogP contribution is -2.10. The van der Waals surface area contributed by atoms with Crippen LogP contribution in [0.25, 0.3) is 91.9 Å². The van der Waals surface area contributed by atoms with Crippen molar-refractivity contribution in [2.24, 2.45) is 0 Å². The molecule has 0 atom stereocenters. The molecule has 0 saturated carbocycles. The summed E-state index contributed by atoms with van der Waals surface area (Å²) >= 11 is 1.86. The van der Waals surface area contributed by atoms with Crippen LogP contribution in [-0.4, -0.2) is 4.57 Å². The third-order valence-electron chi connectivity index (χ3n) is 11.6. The van der Waals surface area contributed by atoms with Gasteiger partial charge in [-0.3, -0.25) is 0 Å². The molecule has 12 rings (SSSR count). The number of furan rings is 1. The van der Waals surface area contributed by atoms with Gasteiger partial charge in [0.15, 0.2) is 0 Å². The fraction of sp³-hybridized carbons (Fsp3) is 0. The van der Waals surface area contributed by atoms with E-state index in [-0.39, 0.29) is 0 Å². The number of benzene rings is 9. The Balaban J connectivity index is 1.03. The monoisotopic (exact) mass is 758 g/mol. The van der Waals surface area contributed by atoms with Gasteiger partial charge in [-0.1, -0.05) is 140 Å². The van der Waals surface area contributed by atoms with E-state index < -0.39 is 0 Å². The molecule has 0 spiro atoms. The molecule has 3 nitrogen and oxygen atoms in total. The van der Waals surface area contributed by atoms with Crippen molar-refractivity contribution < 1.29 is 4.42 Å². The molecule has 12 aromatic rings. The highest BCUT2D eigenvalue weighted by Crippen LogP contribution is 2.46. The number of anilines is 3. The summed E-state index contributed by atoms with van der Waals surface area (Å²) in [6.45, 7) is 0. The van der Waals surface area contributed by atoms with Gasteiger partial charge in [-0.15, -0.1) is 11.3 Å². The third-order valence-corrected chi connectivity index (χ3v) is 12.8. The van der Waals surface area contributed by atoms with Crippen LogP contribution in [0.15, 0.2) is 211 Å². The van der Waals surface area contributed by atoms with Crippen molar-refractivity contribution >= 4 is 92.3 Å². The molecular formula is C54H34N2OS. The minimum atomic E-state index is 0.893. The molecule has 0 aliphatic rings. The fourth-order valence-corrected chi connectivity index (χ4v) is 10.1. The number of rotatable bonds is 6. The highest BCUT2D eigenvalue weighted by Gasteiger charge is 2.21. The van der Waals surface area contributed by atoms with Crippen molar-refractivity contribution in [3.05, 3.63) is 206 Å². The topological polar surface area (TPSA) is 21.3 Å². The van der Waals surface area contributed by atoms with Crippen LogP contribution in [0.3, 0.4) is 0 Å². The number of hydrogen-bond acceptors (Lipinski definition) is 3. The van der Waals surface area contributed by atoms with Gasteiger partial charge in [0.1, 0.15) is 11.2 Å². The highest BCUT2D eigenvalue weighted by atomic mass is 32.1. The van der Waals surface area contributed by atoms with Gasteiger partial charge in [-0.05, 0) is 83.4 Å². The van der Waals surface area contributed by atoms with Crippen molar-refractivity contribution in [1.29, 1.82) is 0 Å². The first-order valence-electron chi connectivity index (χ1n) is 19.7. The summed E-state index contributed by atoms with van der Waals surface area (Å²) in [7, 11) is 0. The number of nitrogens with zero attached hydrogens (tertiary/aromatic N) is 2. The summed E-state index contributed by atoms with van der Waals surface area (Å²) in [5.74, 6) is 0. The summed E-state index contributed by atoms with van der Waals surface area (Å²) in [6, 6.07) is 74.4. The summed E-state index contributed by atoms with van der Waals surface area (Å²) in [5.41, 5.74) is 13.3. The Morgan fingerprint density at radius 3 is 1.95 bits per heavy atom. The number of hydrogen-bond donors (Lipinski definition) is 0. The van der Waals surface area contributed by atoms with Crippen molar-refractivity contribution in [2.75, 3.05) is 4.90 Å². The predicted molar refractivity (Wildman–Crippen MR) is 247 cm³/mol. The van der Waals surface area contributed by atoms with Crippen molar-refractivity contribution in [3.63, 3.8) is 0 Å². The van der Waals surface area contributed by atoms with Crippen LogP contribution >= 0.6 is 11.3 Å². The molecule has 0 unspecified atom stereocenters. The summed E-state index contributed by atoms with van der Waals surface area (Å²) < 4.78 is 11.5. The zero-order chi connectivity index (χ0) is 38.2. The van der Waals surface area contributed by atoms with Gasteiger partial charge >= 0.3 is 0 Å². The van der Waals surface area contributed by atoms with E-state index in [1.807, 2.05) is 17.4 Å². The first kappa shape index (κ1) is 32.8. The Bertz CT molecular complexity index is 3500. The van der Waals surface area contributed by atoms with Crippen LogP contribution < -0.4 is 4.90 Å². The Morgan fingerprint density at radius 1 is 0.414 bits per heavy atom. The summed E-state index contributed by atoms with van der Waals surface area (Å²) in [6.07, 6.45) is 0. The van der Waals surface area contributed by atoms with Crippen molar-refractivity contribution in [1.82, 2.24) is 4.57 Å². The van der Waals surface area contributed by atoms with E-state index in [9.17, 15) is 0 Å². The lowest BCUT2D eigenvalue weighted by molar-refractivity contribution is 0.670. The molecule has 4 heteroatoms. The minimum Gasteiger partial charge on any atom is -0.455 e. The molecule has 272 valence electrons. The van der Waals surface area contributed by atoms with E-state index in [2.05, 4.69) is 210 Å². The van der Waals surface area contributed by atoms with Crippen molar-refractivity contribution in [3.8, 4) is 27.9 Å². The molecular weight excluding hydrogens is 725 g/mol. The molecule has 0 aliphatic heterocycles. The summed E-state index contributed by atoms with van der Waals surface area (Å²) in [5, 5.41) is 7.29. The summed E-state index contributed by atoms with van der Waals surface area (Å²) in [4.78, 5) is 2.44. The lowest BCUT2D eigenvalue weighted by Gasteiger charge is -2.26. The molecule has 0 bridgehead atoms. The Hall–Kier alpha value is -7.40. The maximum absolute atomic E-state index is 6.51. The standard InChI is InChI=1S/C54H34N2OS/c1-3-13-36(14-4-1)41-19-11-20-45-47-33-37(27-32-51(47)57-53(41)45)35-25-28-39(29-26-35)55(49-23-12-21-46-44-18-8-10-24-52(44)58-54(46)49)40-30-31-43-42-17-7-9-22-48(42)56(50(43)34-40)38-15-5-2-6-16-38/h1-34H. The number of aromatic nitrogens is 1. The molecule has 58 heavy (non-hydrogen) atoms. The van der Waals surface area contributed by atoms with E-state index in [4.69, 9.17) is 4.42 Å². The van der Waals surface area contributed by atoms with E-state index in [1.54, 1.807) is 0 Å². The normalized spacial score (nSPS) is 11.8. The number of fused-ring (bicyclic) bond motifs is 9. The average molecular weight is 759 g/mol. The van der Waals surface area contributed by atoms with Gasteiger partial charge in [0, 0.05) is 59.6 Å². The lowest BCUT2D eigenvalue weighted by atomic mass is 10.00. The second-order valence-corrected chi connectivity index (χ2v) is 15.9. The fourth-order valence-electron chi connectivity index (χ4n) is 8.91. The van der Waals surface area contributed by atoms with E-state index in [0.717, 1.165) is 66.9 Å². The van der Waals surface area contributed by atoms with Gasteiger partial charge in [0.05, 0.1) is 21.4 Å². The Morgan fingerprint density at radius 2 is 1.09 bits per heavy atom. The maximum atomic E-state index is 6.51. The van der Waals surface area contributed by atoms with Crippen LogP contribution in [0.4, 0.5) is 17.1 Å². The predicted octanol–water partition coefficient (Wildman–Crippen LogP) is 15.9. The van der Waals surface area contributed by atoms with Crippen LogP contribution in [0.5, 0.6) is 0 Å². The van der Waals surface area contributed by atoms with Gasteiger partial charge in [0.25, 0.3) is 0 Å². The minimum absolute atomic E-state index is 0.893. The SMILES string of the molecule is c1ccc(-c2cccc3c2oc2ccc(-c4ccc(N(c5ccc6c7ccccc7n(-c7ccccc7)c6c5)c5cccc6c5sc5ccccc56)cc4)cc23)cc1. The molecule has 3 aromatic heterocycles. The largest absolute Gasteiger partial charge is 0.455 e. The smallest absolute Gasteiger partial charge is 0.143 e. The third kappa shape index (κ3) is 5.12. The number of para-hydroxylation sites is 3. The molecule has 0 radical (unpaired) electrons. The molecule has 9 aromatic carbocycles. The first-order valence-corrected chi connectivity index (χ1v) is 20.5. The van der Waals surface area contributed by atoms with Gasteiger partial charge in [-0.25, -0.2) is 0 Å².